The van der Waals surface area contributed by atoms with E-state index in [0.717, 1.165) is 44.9 Å². The van der Waals surface area contributed by atoms with Gasteiger partial charge in [-0.25, -0.2) is 0 Å². The molecule has 2 fully saturated rings. The largest absolute Gasteiger partial charge is 0.379 e. The number of aliphatic hydroxyl groups excluding tert-OH is 1. The zero-order chi connectivity index (χ0) is 29.8. The number of hydrogen-bond acceptors (Lipinski definition) is 7. The molecule has 3 amide bonds. The van der Waals surface area contributed by atoms with Gasteiger partial charge in [0.05, 0.1) is 24.7 Å². The third-order valence-electron chi connectivity index (χ3n) is 8.16. The second-order valence-electron chi connectivity index (χ2n) is 12.0. The lowest BCUT2D eigenvalue weighted by Crippen LogP contribution is -2.55. The molecular weight excluding hydrogens is 533 g/mol. The van der Waals surface area contributed by atoms with Crippen molar-refractivity contribution in [2.24, 2.45) is 17.3 Å². The van der Waals surface area contributed by atoms with Crippen LogP contribution in [0.25, 0.3) is 0 Å². The van der Waals surface area contributed by atoms with Gasteiger partial charge in [0, 0.05) is 13.0 Å². The summed E-state index contributed by atoms with van der Waals surface area (Å²) in [4.78, 5) is 40.1. The highest BCUT2D eigenvalue weighted by Crippen LogP contribution is 2.54. The number of aliphatic hydroxyl groups is 1. The lowest BCUT2D eigenvalue weighted by atomic mass is 9.75. The van der Waals surface area contributed by atoms with E-state index in [9.17, 15) is 24.1 Å². The van der Waals surface area contributed by atoms with Crippen molar-refractivity contribution < 1.29 is 33.1 Å². The fraction of sp³-hybridized carbons (Fsp3) is 0.897. The molecule has 0 radical (unpaired) electrons. The molecule has 0 aromatic carbocycles. The van der Waals surface area contributed by atoms with E-state index in [1.54, 1.807) is 13.8 Å². The van der Waals surface area contributed by atoms with Crippen LogP contribution in [0.15, 0.2) is 0 Å². The van der Waals surface area contributed by atoms with Gasteiger partial charge in [-0.15, -0.1) is 0 Å². The minimum absolute atomic E-state index is 0.0472. The van der Waals surface area contributed by atoms with Crippen molar-refractivity contribution in [2.75, 3.05) is 19.8 Å². The number of nitrogens with one attached hydrogen (secondary N) is 3. The molecule has 0 bridgehead atoms. The standard InChI is InChI=1S/C29H54N3O7P/c1-6-13-22-14-11-9-10-12-15-29(16-17-30-28(29)36)20-24(27(35)40(37,38-7-2)39-8-3)32-26(34)23(18-21(4)5)31-25(33)19-22/h21-24,27,35H,6-20H2,1-5H3,(H,30,36)(H,31,33)(H,32,34)/t22?,23-,24-,27?,29?/m0/s1. The number of carbonyl (C=O) groups excluding carboxylic acids is 3. The van der Waals surface area contributed by atoms with E-state index in [1.807, 2.05) is 13.8 Å². The summed E-state index contributed by atoms with van der Waals surface area (Å²) in [6, 6.07) is -1.91. The molecule has 4 N–H and O–H groups in total. The van der Waals surface area contributed by atoms with Crippen LogP contribution in [0.5, 0.6) is 0 Å². The van der Waals surface area contributed by atoms with Crippen molar-refractivity contribution in [3.05, 3.63) is 0 Å². The molecular formula is C29H54N3O7P. The van der Waals surface area contributed by atoms with Crippen LogP contribution >= 0.6 is 7.60 Å². The number of carbonyl (C=O) groups is 3. The van der Waals surface area contributed by atoms with E-state index >= 15 is 0 Å². The number of amides is 3. The monoisotopic (exact) mass is 587 g/mol. The Bertz CT molecular complexity index is 861. The topological polar surface area (TPSA) is 143 Å². The van der Waals surface area contributed by atoms with E-state index in [-0.39, 0.29) is 43.3 Å². The van der Waals surface area contributed by atoms with E-state index in [2.05, 4.69) is 22.9 Å². The van der Waals surface area contributed by atoms with Crippen molar-refractivity contribution in [1.29, 1.82) is 0 Å². The van der Waals surface area contributed by atoms with Gasteiger partial charge >= 0.3 is 7.60 Å². The Kier molecular flexibility index (Phi) is 14.6. The molecule has 2 rings (SSSR count). The summed E-state index contributed by atoms with van der Waals surface area (Å²) in [5.74, 6) is -2.06. The summed E-state index contributed by atoms with van der Waals surface area (Å²) in [5.41, 5.74) is -0.819. The smallest absolute Gasteiger partial charge is 0.360 e. The van der Waals surface area contributed by atoms with Crippen LogP contribution in [0, 0.1) is 17.3 Å². The van der Waals surface area contributed by atoms with Crippen molar-refractivity contribution >= 4 is 25.3 Å². The Morgan fingerprint density at radius 3 is 2.25 bits per heavy atom. The van der Waals surface area contributed by atoms with Crippen molar-refractivity contribution in [3.8, 4) is 0 Å². The molecule has 0 aromatic heterocycles. The summed E-state index contributed by atoms with van der Waals surface area (Å²) < 4.78 is 24.5. The van der Waals surface area contributed by atoms with Crippen LogP contribution in [0.4, 0.5) is 0 Å². The molecule has 0 aliphatic carbocycles. The fourth-order valence-corrected chi connectivity index (χ4v) is 7.90. The highest BCUT2D eigenvalue weighted by molar-refractivity contribution is 7.54. The minimum atomic E-state index is -4.04. The van der Waals surface area contributed by atoms with Crippen LogP contribution in [-0.4, -0.2) is 60.5 Å². The summed E-state index contributed by atoms with van der Waals surface area (Å²) in [6.07, 6.45) is 8.75. The van der Waals surface area contributed by atoms with Crippen LogP contribution < -0.4 is 16.0 Å². The van der Waals surface area contributed by atoms with Gasteiger partial charge in [0.25, 0.3) is 0 Å². The zero-order valence-corrected chi connectivity index (χ0v) is 26.2. The maximum absolute atomic E-state index is 13.7. The fourth-order valence-electron chi connectivity index (χ4n) is 6.18. The second-order valence-corrected chi connectivity index (χ2v) is 14.1. The molecule has 0 saturated carbocycles. The van der Waals surface area contributed by atoms with Gasteiger partial charge in [0.2, 0.25) is 17.7 Å². The molecule has 2 aliphatic rings. The molecule has 3 unspecified atom stereocenters. The first-order chi connectivity index (χ1) is 19.0. The Labute approximate surface area is 241 Å². The van der Waals surface area contributed by atoms with Gasteiger partial charge in [-0.3, -0.25) is 18.9 Å². The predicted molar refractivity (Wildman–Crippen MR) is 156 cm³/mol. The molecule has 2 aliphatic heterocycles. The molecule has 40 heavy (non-hydrogen) atoms. The molecule has 10 nitrogen and oxygen atoms in total. The minimum Gasteiger partial charge on any atom is -0.379 e. The van der Waals surface area contributed by atoms with Gasteiger partial charge in [0.1, 0.15) is 6.04 Å². The van der Waals surface area contributed by atoms with E-state index in [1.165, 1.54) is 0 Å². The molecule has 232 valence electrons. The van der Waals surface area contributed by atoms with E-state index in [0.29, 0.717) is 32.2 Å². The lowest BCUT2D eigenvalue weighted by Gasteiger charge is -2.36. The lowest BCUT2D eigenvalue weighted by molar-refractivity contribution is -0.132. The average molecular weight is 588 g/mol. The van der Waals surface area contributed by atoms with Crippen LogP contribution in [0.3, 0.4) is 0 Å². The average Bonchev–Trinajstić information content (AvgIpc) is 3.23. The van der Waals surface area contributed by atoms with Gasteiger partial charge in [-0.2, -0.15) is 0 Å². The number of hydrogen-bond donors (Lipinski definition) is 4. The zero-order valence-electron chi connectivity index (χ0n) is 25.3. The maximum atomic E-state index is 13.7. The van der Waals surface area contributed by atoms with Gasteiger partial charge in [0.15, 0.2) is 5.85 Å². The van der Waals surface area contributed by atoms with E-state index < -0.39 is 36.8 Å². The Balaban J connectivity index is 2.47. The van der Waals surface area contributed by atoms with Crippen molar-refractivity contribution in [1.82, 2.24) is 16.0 Å². The molecule has 2 heterocycles. The van der Waals surface area contributed by atoms with Gasteiger partial charge in [-0.1, -0.05) is 59.3 Å². The normalized spacial score (nSPS) is 28.8. The third-order valence-corrected chi connectivity index (χ3v) is 10.4. The Morgan fingerprint density at radius 2 is 1.68 bits per heavy atom. The quantitative estimate of drug-likeness (QED) is 0.273. The summed E-state index contributed by atoms with van der Waals surface area (Å²) in [6.45, 7) is 9.98. The Hall–Kier alpha value is -1.48. The van der Waals surface area contributed by atoms with Crippen molar-refractivity contribution in [3.63, 3.8) is 0 Å². The summed E-state index contributed by atoms with van der Waals surface area (Å²) in [7, 11) is -4.04. The second kappa shape index (κ2) is 16.8. The maximum Gasteiger partial charge on any atom is 0.360 e. The number of rotatable bonds is 10. The van der Waals surface area contributed by atoms with Crippen molar-refractivity contribution in [2.45, 2.75) is 130 Å². The van der Waals surface area contributed by atoms with Gasteiger partial charge in [-0.05, 0) is 57.8 Å². The molecule has 0 aromatic rings. The highest BCUT2D eigenvalue weighted by atomic mass is 31.2. The van der Waals surface area contributed by atoms with Crippen LogP contribution in [0.1, 0.15) is 112 Å². The molecule has 11 heteroatoms. The molecule has 5 atom stereocenters. The first-order valence-electron chi connectivity index (χ1n) is 15.4. The predicted octanol–water partition coefficient (Wildman–Crippen LogP) is 4.64. The third kappa shape index (κ3) is 10.1. The summed E-state index contributed by atoms with van der Waals surface area (Å²) >= 11 is 0. The first kappa shape index (κ1) is 34.7. The van der Waals surface area contributed by atoms with Crippen LogP contribution in [0.2, 0.25) is 0 Å². The Morgan fingerprint density at radius 1 is 1.00 bits per heavy atom. The first-order valence-corrected chi connectivity index (χ1v) is 17.1. The summed E-state index contributed by atoms with van der Waals surface area (Å²) in [5, 5.41) is 20.2. The van der Waals surface area contributed by atoms with Gasteiger partial charge < -0.3 is 30.1 Å². The molecule has 1 spiro atoms. The highest BCUT2D eigenvalue weighted by Gasteiger charge is 2.49. The SMILES string of the molecule is CCCC1CCCCCCC2(CCNC2=O)C[C@@H](C(O)P(=O)(OCC)OCC)NC(=O)[C@H](CC(C)C)NC(=O)C1. The van der Waals surface area contributed by atoms with Crippen LogP contribution in [-0.2, 0) is 28.0 Å². The van der Waals surface area contributed by atoms with E-state index in [4.69, 9.17) is 9.05 Å². The molecule has 2 saturated heterocycles.